The number of hydrogen-bond donors (Lipinski definition) is 2. The maximum absolute atomic E-state index is 14.1. The number of hydrogen-bond acceptors (Lipinski definition) is 5. The Hall–Kier alpha value is -2.72. The van der Waals surface area contributed by atoms with Crippen molar-refractivity contribution in [3.63, 3.8) is 0 Å². The Morgan fingerprint density at radius 3 is 2.17 bits per heavy atom. The highest BCUT2D eigenvalue weighted by Crippen LogP contribution is 2.27. The molecule has 2 aliphatic heterocycles. The van der Waals surface area contributed by atoms with E-state index in [0.29, 0.717) is 25.1 Å². The first-order valence-electron chi connectivity index (χ1n) is 16.9. The van der Waals surface area contributed by atoms with Crippen LogP contribution in [-0.2, 0) is 25.7 Å². The summed E-state index contributed by atoms with van der Waals surface area (Å²) in [7, 11) is 1.75. The number of rotatable bonds is 11. The molecule has 0 saturated carbocycles. The lowest BCUT2D eigenvalue weighted by atomic mass is 9.84. The van der Waals surface area contributed by atoms with Crippen molar-refractivity contribution >= 4 is 39.6 Å². The minimum absolute atomic E-state index is 0.00591. The molecular formula is C36H56BrN5O4. The van der Waals surface area contributed by atoms with Crippen LogP contribution in [0.3, 0.4) is 0 Å². The molecule has 0 aliphatic carbocycles. The standard InChI is InChI=1S/C36H56BrN5O4/c1-23(2)30(40(9)35(46)31(36(6,7)8)39-33(44)29-13-10-11-19-41(29)24(3)4)21-25(5)34(45)42-20-12-14-28(42)32(43)38-22-26-15-17-27(37)18-16-26/h15-18,21,23-24,28-31H,10-14,19-20,22H2,1-9H3,(H,38,43)(H,39,44)/b25-21+/t28?,29-,30?,31?/m1/s1. The molecule has 10 heteroatoms. The molecule has 0 radical (unpaired) electrons. The molecule has 3 rings (SSSR count). The molecule has 3 unspecified atom stereocenters. The van der Waals surface area contributed by atoms with Gasteiger partial charge in [-0.1, -0.05) is 75.2 Å². The minimum atomic E-state index is -0.732. The van der Waals surface area contributed by atoms with Crippen molar-refractivity contribution in [3.8, 4) is 0 Å². The molecule has 46 heavy (non-hydrogen) atoms. The molecule has 2 fully saturated rings. The number of nitrogens with one attached hydrogen (secondary N) is 2. The SMILES string of the molecule is C/C(=C\C(C(C)C)N(C)C(=O)C(NC(=O)[C@H]1CCCCN1C(C)C)C(C)(C)C)C(=O)N1CCCC1C(=O)NCc1ccc(Br)cc1. The number of amides is 4. The number of piperidine rings is 1. The Balaban J connectivity index is 1.74. The number of likely N-dealkylation sites (tertiary alicyclic amines) is 2. The van der Waals surface area contributed by atoms with Crippen LogP contribution in [0.15, 0.2) is 40.4 Å². The molecule has 4 atom stereocenters. The third kappa shape index (κ3) is 9.66. The Labute approximate surface area is 285 Å². The molecule has 2 aliphatic rings. The molecule has 2 N–H and O–H groups in total. The quantitative estimate of drug-likeness (QED) is 0.306. The summed E-state index contributed by atoms with van der Waals surface area (Å²) in [5, 5.41) is 6.13. The molecule has 0 spiro atoms. The summed E-state index contributed by atoms with van der Waals surface area (Å²) in [5.74, 6) is -0.635. The summed E-state index contributed by atoms with van der Waals surface area (Å²) < 4.78 is 0.973. The molecule has 1 aromatic rings. The average molecular weight is 703 g/mol. The van der Waals surface area contributed by atoms with Crippen LogP contribution in [0.2, 0.25) is 0 Å². The van der Waals surface area contributed by atoms with E-state index in [9.17, 15) is 19.2 Å². The summed E-state index contributed by atoms with van der Waals surface area (Å²) >= 11 is 3.43. The van der Waals surface area contributed by atoms with Gasteiger partial charge in [-0.2, -0.15) is 0 Å². The van der Waals surface area contributed by atoms with E-state index in [2.05, 4.69) is 45.3 Å². The molecule has 9 nitrogen and oxygen atoms in total. The third-order valence-electron chi connectivity index (χ3n) is 9.34. The van der Waals surface area contributed by atoms with Gasteiger partial charge in [0.2, 0.25) is 23.6 Å². The molecule has 2 heterocycles. The van der Waals surface area contributed by atoms with Gasteiger partial charge in [0.25, 0.3) is 0 Å². The lowest BCUT2D eigenvalue weighted by molar-refractivity contribution is -0.142. The van der Waals surface area contributed by atoms with E-state index in [1.807, 2.05) is 65.0 Å². The van der Waals surface area contributed by atoms with Gasteiger partial charge >= 0.3 is 0 Å². The van der Waals surface area contributed by atoms with Gasteiger partial charge in [0.1, 0.15) is 12.1 Å². The first kappa shape index (κ1) is 37.7. The van der Waals surface area contributed by atoms with Crippen LogP contribution in [0.25, 0.3) is 0 Å². The van der Waals surface area contributed by atoms with Crippen molar-refractivity contribution < 1.29 is 19.2 Å². The fraction of sp³-hybridized carbons (Fsp3) is 0.667. The van der Waals surface area contributed by atoms with E-state index in [0.717, 1.165) is 42.3 Å². The van der Waals surface area contributed by atoms with E-state index in [1.165, 1.54) is 0 Å². The summed E-state index contributed by atoms with van der Waals surface area (Å²) in [5.41, 5.74) is 0.953. The highest BCUT2D eigenvalue weighted by molar-refractivity contribution is 9.10. The molecule has 0 aromatic heterocycles. The molecule has 1 aromatic carbocycles. The van der Waals surface area contributed by atoms with Crippen molar-refractivity contribution in [1.29, 1.82) is 0 Å². The molecule has 4 amide bonds. The van der Waals surface area contributed by atoms with Crippen LogP contribution in [0, 0.1) is 11.3 Å². The van der Waals surface area contributed by atoms with Gasteiger partial charge in [-0.3, -0.25) is 24.1 Å². The smallest absolute Gasteiger partial charge is 0.249 e. The predicted molar refractivity (Wildman–Crippen MR) is 187 cm³/mol. The first-order valence-corrected chi connectivity index (χ1v) is 17.7. The number of nitrogens with zero attached hydrogens (tertiary/aromatic N) is 3. The Bertz CT molecular complexity index is 1260. The first-order chi connectivity index (χ1) is 21.5. The Kier molecular flexibility index (Phi) is 13.5. The summed E-state index contributed by atoms with van der Waals surface area (Å²) in [6.07, 6.45) is 6.06. The van der Waals surface area contributed by atoms with E-state index >= 15 is 0 Å². The maximum atomic E-state index is 14.1. The molecule has 256 valence electrons. The average Bonchev–Trinajstić information content (AvgIpc) is 3.50. The predicted octanol–water partition coefficient (Wildman–Crippen LogP) is 5.28. The summed E-state index contributed by atoms with van der Waals surface area (Å²) in [6, 6.07) is 6.11. The van der Waals surface area contributed by atoms with E-state index in [1.54, 1.807) is 23.8 Å². The zero-order valence-corrected chi connectivity index (χ0v) is 30.9. The Morgan fingerprint density at radius 2 is 1.59 bits per heavy atom. The van der Waals surface area contributed by atoms with Crippen LogP contribution in [0.5, 0.6) is 0 Å². The lowest BCUT2D eigenvalue weighted by Gasteiger charge is -2.41. The van der Waals surface area contributed by atoms with Gasteiger partial charge in [0.05, 0.1) is 12.1 Å². The second-order valence-corrected chi connectivity index (χ2v) is 15.6. The highest BCUT2D eigenvalue weighted by Gasteiger charge is 2.40. The van der Waals surface area contributed by atoms with Crippen molar-refractivity contribution in [2.24, 2.45) is 11.3 Å². The van der Waals surface area contributed by atoms with Crippen LogP contribution in [0.4, 0.5) is 0 Å². The highest BCUT2D eigenvalue weighted by atomic mass is 79.9. The maximum Gasteiger partial charge on any atom is 0.249 e. The fourth-order valence-electron chi connectivity index (χ4n) is 6.59. The number of carbonyl (C=O) groups is 4. The Morgan fingerprint density at radius 1 is 0.957 bits per heavy atom. The van der Waals surface area contributed by atoms with Crippen LogP contribution in [-0.4, -0.2) is 88.7 Å². The van der Waals surface area contributed by atoms with Gasteiger partial charge < -0.3 is 20.4 Å². The second kappa shape index (κ2) is 16.4. The zero-order valence-electron chi connectivity index (χ0n) is 29.4. The number of halogens is 1. The van der Waals surface area contributed by atoms with Gasteiger partial charge in [-0.15, -0.1) is 0 Å². The second-order valence-electron chi connectivity index (χ2n) is 14.7. The molecule has 0 bridgehead atoms. The summed E-state index contributed by atoms with van der Waals surface area (Å²) in [4.78, 5) is 60.2. The number of likely N-dealkylation sites (N-methyl/N-ethyl adjacent to an activating group) is 1. The third-order valence-corrected chi connectivity index (χ3v) is 9.87. The zero-order chi connectivity index (χ0) is 34.3. The van der Waals surface area contributed by atoms with E-state index in [4.69, 9.17) is 0 Å². The fourth-order valence-corrected chi connectivity index (χ4v) is 6.85. The molecular weight excluding hydrogens is 646 g/mol. The van der Waals surface area contributed by atoms with E-state index < -0.39 is 17.5 Å². The van der Waals surface area contributed by atoms with Crippen molar-refractivity contribution in [3.05, 3.63) is 46.0 Å². The van der Waals surface area contributed by atoms with Gasteiger partial charge in [0.15, 0.2) is 0 Å². The van der Waals surface area contributed by atoms with Crippen LogP contribution in [0.1, 0.15) is 93.1 Å². The van der Waals surface area contributed by atoms with Gasteiger partial charge in [-0.05, 0) is 82.0 Å². The number of benzene rings is 1. The van der Waals surface area contributed by atoms with E-state index in [-0.39, 0.29) is 47.7 Å². The van der Waals surface area contributed by atoms with Gasteiger partial charge in [0, 0.05) is 36.2 Å². The topological polar surface area (TPSA) is 102 Å². The minimum Gasteiger partial charge on any atom is -0.350 e. The van der Waals surface area contributed by atoms with Crippen LogP contribution >= 0.6 is 15.9 Å². The normalized spacial score (nSPS) is 20.9. The van der Waals surface area contributed by atoms with Crippen molar-refractivity contribution in [2.75, 3.05) is 20.1 Å². The monoisotopic (exact) mass is 701 g/mol. The van der Waals surface area contributed by atoms with Crippen LogP contribution < -0.4 is 10.6 Å². The largest absolute Gasteiger partial charge is 0.350 e. The van der Waals surface area contributed by atoms with Crippen molar-refractivity contribution in [2.45, 2.75) is 124 Å². The van der Waals surface area contributed by atoms with Crippen molar-refractivity contribution in [1.82, 2.24) is 25.3 Å². The van der Waals surface area contributed by atoms with Gasteiger partial charge in [-0.25, -0.2) is 0 Å². The lowest BCUT2D eigenvalue weighted by Crippen LogP contribution is -2.60. The summed E-state index contributed by atoms with van der Waals surface area (Å²) in [6.45, 7) is 17.7. The number of carbonyl (C=O) groups excluding carboxylic acids is 4. The molecule has 2 saturated heterocycles.